The third-order valence-electron chi connectivity index (χ3n) is 3.20. The van der Waals surface area contributed by atoms with E-state index in [0.29, 0.717) is 0 Å². The maximum Gasteiger partial charge on any atom is 0.0621 e. The fraction of sp³-hybridized carbons (Fsp3) is 0.917. The van der Waals surface area contributed by atoms with Crippen molar-refractivity contribution in [2.45, 2.75) is 45.4 Å². The van der Waals surface area contributed by atoms with Crippen LogP contribution in [0.1, 0.15) is 45.4 Å². The highest BCUT2D eigenvalue weighted by atomic mass is 15.1. The van der Waals surface area contributed by atoms with Gasteiger partial charge in [0.1, 0.15) is 0 Å². The Bertz CT molecular complexity index is 179. The highest BCUT2D eigenvalue weighted by Crippen LogP contribution is 2.27. The lowest BCUT2D eigenvalue weighted by Crippen LogP contribution is -2.33. The van der Waals surface area contributed by atoms with Gasteiger partial charge in [-0.25, -0.2) is 0 Å². The highest BCUT2D eigenvalue weighted by Gasteiger charge is 2.19. The Morgan fingerprint density at radius 2 is 2.14 bits per heavy atom. The van der Waals surface area contributed by atoms with Gasteiger partial charge in [-0.15, -0.1) is 0 Å². The summed E-state index contributed by atoms with van der Waals surface area (Å²) >= 11 is 0. The maximum absolute atomic E-state index is 8.42. The Morgan fingerprint density at radius 1 is 1.36 bits per heavy atom. The van der Waals surface area contributed by atoms with E-state index in [1.807, 2.05) is 0 Å². The average Bonchev–Trinajstić information content (AvgIpc) is 2.14. The second-order valence-electron chi connectivity index (χ2n) is 4.31. The number of nitriles is 1. The minimum absolute atomic E-state index is 0.723. The standard InChI is InChI=1S/C12H22N2/c1-2-14(10-5-3-4-9-13)11-12-7-6-8-12/h12H,2-8,10-11H2,1H3. The van der Waals surface area contributed by atoms with Crippen LogP contribution in [0.4, 0.5) is 0 Å². The van der Waals surface area contributed by atoms with Gasteiger partial charge in [0.25, 0.3) is 0 Å². The van der Waals surface area contributed by atoms with E-state index in [2.05, 4.69) is 17.9 Å². The lowest BCUT2D eigenvalue weighted by molar-refractivity contribution is 0.182. The first-order valence-electron chi connectivity index (χ1n) is 5.96. The zero-order valence-corrected chi connectivity index (χ0v) is 9.34. The number of rotatable bonds is 7. The van der Waals surface area contributed by atoms with Crippen molar-refractivity contribution in [1.29, 1.82) is 5.26 Å². The Morgan fingerprint density at radius 3 is 2.64 bits per heavy atom. The van der Waals surface area contributed by atoms with Gasteiger partial charge in [0.05, 0.1) is 6.07 Å². The van der Waals surface area contributed by atoms with Gasteiger partial charge in [0.15, 0.2) is 0 Å². The summed E-state index contributed by atoms with van der Waals surface area (Å²) in [5.41, 5.74) is 0. The molecule has 0 unspecified atom stereocenters. The van der Waals surface area contributed by atoms with E-state index in [4.69, 9.17) is 5.26 Å². The lowest BCUT2D eigenvalue weighted by atomic mass is 9.85. The molecular weight excluding hydrogens is 172 g/mol. The second kappa shape index (κ2) is 6.84. The zero-order chi connectivity index (χ0) is 10.2. The van der Waals surface area contributed by atoms with Crippen LogP contribution in [-0.4, -0.2) is 24.5 Å². The van der Waals surface area contributed by atoms with Gasteiger partial charge < -0.3 is 4.90 Å². The third kappa shape index (κ3) is 4.11. The molecule has 1 saturated carbocycles. The van der Waals surface area contributed by atoms with Crippen molar-refractivity contribution in [3.05, 3.63) is 0 Å². The van der Waals surface area contributed by atoms with Gasteiger partial charge in [0, 0.05) is 13.0 Å². The quantitative estimate of drug-likeness (QED) is 0.583. The van der Waals surface area contributed by atoms with Crippen LogP contribution < -0.4 is 0 Å². The molecule has 0 aromatic heterocycles. The van der Waals surface area contributed by atoms with E-state index in [0.717, 1.165) is 18.8 Å². The van der Waals surface area contributed by atoms with Crippen molar-refractivity contribution in [3.63, 3.8) is 0 Å². The molecule has 1 rings (SSSR count). The second-order valence-corrected chi connectivity index (χ2v) is 4.31. The van der Waals surface area contributed by atoms with Crippen LogP contribution in [0, 0.1) is 17.2 Å². The number of unbranched alkanes of at least 4 members (excludes halogenated alkanes) is 2. The Hall–Kier alpha value is -0.550. The zero-order valence-electron chi connectivity index (χ0n) is 9.34. The van der Waals surface area contributed by atoms with Gasteiger partial charge in [0.2, 0.25) is 0 Å². The molecule has 14 heavy (non-hydrogen) atoms. The van der Waals surface area contributed by atoms with Crippen molar-refractivity contribution in [1.82, 2.24) is 4.90 Å². The van der Waals surface area contributed by atoms with Crippen LogP contribution in [0.25, 0.3) is 0 Å². The molecule has 0 saturated heterocycles. The summed E-state index contributed by atoms with van der Waals surface area (Å²) < 4.78 is 0. The Labute approximate surface area is 87.9 Å². The predicted molar refractivity (Wildman–Crippen MR) is 58.9 cm³/mol. The molecule has 0 amide bonds. The summed E-state index contributed by atoms with van der Waals surface area (Å²) in [6.45, 7) is 5.89. The van der Waals surface area contributed by atoms with E-state index >= 15 is 0 Å². The molecule has 2 heteroatoms. The molecule has 80 valence electrons. The largest absolute Gasteiger partial charge is 0.303 e. The summed E-state index contributed by atoms with van der Waals surface area (Å²) in [5.74, 6) is 0.978. The normalized spacial score (nSPS) is 16.6. The molecule has 0 aromatic carbocycles. The molecule has 0 radical (unpaired) electrons. The summed E-state index contributed by atoms with van der Waals surface area (Å²) in [4.78, 5) is 2.54. The molecule has 0 N–H and O–H groups in total. The molecule has 1 fully saturated rings. The summed E-state index contributed by atoms with van der Waals surface area (Å²) in [6.07, 6.45) is 7.30. The van der Waals surface area contributed by atoms with E-state index in [9.17, 15) is 0 Å². The molecule has 0 bridgehead atoms. The molecule has 1 aliphatic rings. The number of hydrogen-bond acceptors (Lipinski definition) is 2. The van der Waals surface area contributed by atoms with E-state index in [1.54, 1.807) is 0 Å². The van der Waals surface area contributed by atoms with Gasteiger partial charge in [-0.3, -0.25) is 0 Å². The third-order valence-corrected chi connectivity index (χ3v) is 3.20. The first-order valence-corrected chi connectivity index (χ1v) is 5.96. The Balaban J connectivity index is 2.02. The van der Waals surface area contributed by atoms with Crippen molar-refractivity contribution in [3.8, 4) is 6.07 Å². The van der Waals surface area contributed by atoms with Crippen LogP contribution in [0.2, 0.25) is 0 Å². The first-order chi connectivity index (χ1) is 6.86. The fourth-order valence-corrected chi connectivity index (χ4v) is 1.96. The first kappa shape index (κ1) is 11.5. The smallest absolute Gasteiger partial charge is 0.0621 e. The van der Waals surface area contributed by atoms with Gasteiger partial charge >= 0.3 is 0 Å². The predicted octanol–water partition coefficient (Wildman–Crippen LogP) is 2.80. The average molecular weight is 194 g/mol. The molecule has 2 nitrogen and oxygen atoms in total. The maximum atomic E-state index is 8.42. The molecule has 1 aliphatic carbocycles. The minimum atomic E-state index is 0.723. The molecular formula is C12H22N2. The summed E-state index contributed by atoms with van der Waals surface area (Å²) in [7, 11) is 0. The Kier molecular flexibility index (Phi) is 5.63. The molecule has 0 heterocycles. The van der Waals surface area contributed by atoms with Crippen molar-refractivity contribution in [2.24, 2.45) is 5.92 Å². The van der Waals surface area contributed by atoms with Crippen molar-refractivity contribution >= 4 is 0 Å². The van der Waals surface area contributed by atoms with E-state index in [-0.39, 0.29) is 0 Å². The van der Waals surface area contributed by atoms with Crippen molar-refractivity contribution < 1.29 is 0 Å². The van der Waals surface area contributed by atoms with Crippen LogP contribution in [0.15, 0.2) is 0 Å². The highest BCUT2D eigenvalue weighted by molar-refractivity contribution is 4.74. The summed E-state index contributed by atoms with van der Waals surface area (Å²) in [6, 6.07) is 2.20. The minimum Gasteiger partial charge on any atom is -0.303 e. The van der Waals surface area contributed by atoms with Gasteiger partial charge in [-0.1, -0.05) is 13.3 Å². The lowest BCUT2D eigenvalue weighted by Gasteiger charge is -2.31. The van der Waals surface area contributed by atoms with Crippen LogP contribution in [-0.2, 0) is 0 Å². The van der Waals surface area contributed by atoms with Gasteiger partial charge in [-0.05, 0) is 44.7 Å². The monoisotopic (exact) mass is 194 g/mol. The molecule has 0 spiro atoms. The number of nitrogens with zero attached hydrogens (tertiary/aromatic N) is 2. The van der Waals surface area contributed by atoms with E-state index < -0.39 is 0 Å². The molecule has 0 aliphatic heterocycles. The SMILES string of the molecule is CCN(CCCCC#N)CC1CCC1. The molecule has 0 aromatic rings. The van der Waals surface area contributed by atoms with Gasteiger partial charge in [-0.2, -0.15) is 5.26 Å². The van der Waals surface area contributed by atoms with E-state index in [1.165, 1.54) is 45.3 Å². The topological polar surface area (TPSA) is 27.0 Å². The summed E-state index contributed by atoms with van der Waals surface area (Å²) in [5, 5.41) is 8.42. The number of hydrogen-bond donors (Lipinski definition) is 0. The van der Waals surface area contributed by atoms with Crippen LogP contribution in [0.3, 0.4) is 0 Å². The van der Waals surface area contributed by atoms with Crippen LogP contribution >= 0.6 is 0 Å². The van der Waals surface area contributed by atoms with Crippen molar-refractivity contribution in [2.75, 3.05) is 19.6 Å². The van der Waals surface area contributed by atoms with Crippen LogP contribution in [0.5, 0.6) is 0 Å². The molecule has 0 atom stereocenters. The fourth-order valence-electron chi connectivity index (χ4n) is 1.96.